The number of aryl methyl sites for hydroxylation is 1. The molecule has 3 rings (SSSR count). The monoisotopic (exact) mass is 405 g/mol. The highest BCUT2D eigenvalue weighted by atomic mass is 32.1. The fourth-order valence-corrected chi connectivity index (χ4v) is 4.45. The maximum Gasteiger partial charge on any atom is 0.294 e. The molecule has 1 aromatic heterocycles. The van der Waals surface area contributed by atoms with Gasteiger partial charge in [-0.15, -0.1) is 21.5 Å². The molecular weight excluding hydrogens is 382 g/mol. The lowest BCUT2D eigenvalue weighted by Gasteiger charge is -2.25. The molecule has 0 spiro atoms. The van der Waals surface area contributed by atoms with Gasteiger partial charge in [0.05, 0.1) is 11.7 Å². The minimum atomic E-state index is -0.770. The summed E-state index contributed by atoms with van der Waals surface area (Å²) in [6.45, 7) is 2.15. The average Bonchev–Trinajstić information content (AvgIpc) is 3.33. The van der Waals surface area contributed by atoms with E-state index in [1.165, 1.54) is 5.56 Å². The summed E-state index contributed by atoms with van der Waals surface area (Å²) in [6.07, 6.45) is 2.89. The number of aromatic nitrogens is 1. The topological polar surface area (TPSA) is 95.8 Å². The molecular formula is C19H23N3O5S. The first-order chi connectivity index (χ1) is 13.6. The minimum absolute atomic E-state index is 0.00308. The van der Waals surface area contributed by atoms with Crippen molar-refractivity contribution in [2.75, 3.05) is 20.4 Å². The van der Waals surface area contributed by atoms with E-state index in [4.69, 9.17) is 14.5 Å². The van der Waals surface area contributed by atoms with Crippen LogP contribution < -0.4 is 5.32 Å². The van der Waals surface area contributed by atoms with Crippen LogP contribution in [0.25, 0.3) is 0 Å². The number of nitrogens with one attached hydrogen (secondary N) is 1. The van der Waals surface area contributed by atoms with Crippen LogP contribution in [0.3, 0.4) is 0 Å². The molecule has 2 unspecified atom stereocenters. The molecule has 9 heteroatoms. The molecule has 0 bridgehead atoms. The van der Waals surface area contributed by atoms with Crippen LogP contribution in [0.4, 0.5) is 0 Å². The SMILES string of the molecule is CNC(c1nc(C)c(CCO[N+](=O)[O-])s1)C(Cc1ccccc1)C1=COCO1. The Labute approximate surface area is 167 Å². The smallest absolute Gasteiger partial charge is 0.294 e. The van der Waals surface area contributed by atoms with Gasteiger partial charge >= 0.3 is 0 Å². The molecule has 1 aromatic carbocycles. The summed E-state index contributed by atoms with van der Waals surface area (Å²) in [5, 5.41) is 13.9. The van der Waals surface area contributed by atoms with Gasteiger partial charge in [0, 0.05) is 17.2 Å². The van der Waals surface area contributed by atoms with Crippen molar-refractivity contribution in [3.8, 4) is 0 Å². The molecule has 28 heavy (non-hydrogen) atoms. The van der Waals surface area contributed by atoms with E-state index in [1.807, 2.05) is 32.2 Å². The highest BCUT2D eigenvalue weighted by molar-refractivity contribution is 7.11. The quantitative estimate of drug-likeness (QED) is 0.479. The van der Waals surface area contributed by atoms with Crippen LogP contribution >= 0.6 is 11.3 Å². The molecule has 2 aromatic rings. The average molecular weight is 405 g/mol. The van der Waals surface area contributed by atoms with Crippen molar-refractivity contribution in [1.29, 1.82) is 0 Å². The normalized spacial score (nSPS) is 15.3. The molecule has 0 amide bonds. The van der Waals surface area contributed by atoms with E-state index in [0.29, 0.717) is 6.42 Å². The molecule has 2 atom stereocenters. The summed E-state index contributed by atoms with van der Waals surface area (Å²) >= 11 is 1.54. The molecule has 2 heterocycles. The predicted molar refractivity (Wildman–Crippen MR) is 104 cm³/mol. The van der Waals surface area contributed by atoms with Crippen LogP contribution in [-0.4, -0.2) is 30.5 Å². The molecule has 0 saturated carbocycles. The Kier molecular flexibility index (Phi) is 6.83. The first-order valence-corrected chi connectivity index (χ1v) is 9.79. The highest BCUT2D eigenvalue weighted by Crippen LogP contribution is 2.36. The second kappa shape index (κ2) is 9.52. The van der Waals surface area contributed by atoms with Crippen molar-refractivity contribution in [2.45, 2.75) is 25.8 Å². The van der Waals surface area contributed by atoms with Gasteiger partial charge in [0.1, 0.15) is 23.6 Å². The zero-order valence-electron chi connectivity index (χ0n) is 15.8. The molecule has 1 aliphatic rings. The molecule has 0 aliphatic carbocycles. The summed E-state index contributed by atoms with van der Waals surface area (Å²) in [5.41, 5.74) is 2.06. The molecule has 1 aliphatic heterocycles. The van der Waals surface area contributed by atoms with Gasteiger partial charge in [0.25, 0.3) is 5.09 Å². The Morgan fingerprint density at radius 2 is 2.18 bits per heavy atom. The van der Waals surface area contributed by atoms with Crippen LogP contribution in [0.1, 0.15) is 27.2 Å². The van der Waals surface area contributed by atoms with Crippen LogP contribution in [-0.2, 0) is 27.2 Å². The number of nitrogens with zero attached hydrogens (tertiary/aromatic N) is 2. The fourth-order valence-electron chi connectivity index (χ4n) is 3.22. The van der Waals surface area contributed by atoms with Gasteiger partial charge in [0.15, 0.2) is 0 Å². The van der Waals surface area contributed by atoms with Gasteiger partial charge in [-0.1, -0.05) is 30.3 Å². The first kappa shape index (κ1) is 20.1. The maximum atomic E-state index is 10.4. The van der Waals surface area contributed by atoms with Gasteiger partial charge in [0.2, 0.25) is 6.79 Å². The van der Waals surface area contributed by atoms with Crippen molar-refractivity contribution in [3.63, 3.8) is 0 Å². The Bertz CT molecular complexity index is 824. The van der Waals surface area contributed by atoms with Crippen molar-refractivity contribution in [2.24, 2.45) is 5.92 Å². The number of hydrogen-bond acceptors (Lipinski definition) is 8. The zero-order valence-corrected chi connectivity index (χ0v) is 16.6. The largest absolute Gasteiger partial charge is 0.462 e. The van der Waals surface area contributed by atoms with E-state index < -0.39 is 5.09 Å². The summed E-state index contributed by atoms with van der Waals surface area (Å²) in [5.74, 6) is 0.789. The lowest BCUT2D eigenvalue weighted by molar-refractivity contribution is -0.757. The predicted octanol–water partition coefficient (Wildman–Crippen LogP) is 3.17. The Hall–Kier alpha value is -2.65. The molecule has 0 saturated heterocycles. The first-order valence-electron chi connectivity index (χ1n) is 8.97. The van der Waals surface area contributed by atoms with Crippen LogP contribution in [0.2, 0.25) is 0 Å². The maximum absolute atomic E-state index is 10.4. The number of ether oxygens (including phenoxy) is 2. The van der Waals surface area contributed by atoms with Crippen LogP contribution in [0.5, 0.6) is 0 Å². The molecule has 0 fully saturated rings. The van der Waals surface area contributed by atoms with Crippen molar-refractivity contribution >= 4 is 11.3 Å². The van der Waals surface area contributed by atoms with E-state index in [9.17, 15) is 10.1 Å². The lowest BCUT2D eigenvalue weighted by atomic mass is 9.90. The lowest BCUT2D eigenvalue weighted by Crippen LogP contribution is -2.28. The van der Waals surface area contributed by atoms with Crippen molar-refractivity contribution < 1.29 is 19.4 Å². The second-order valence-corrected chi connectivity index (χ2v) is 7.49. The van der Waals surface area contributed by atoms with Crippen molar-refractivity contribution in [3.05, 3.63) is 73.6 Å². The summed E-state index contributed by atoms with van der Waals surface area (Å²) in [6, 6.07) is 10.1. The van der Waals surface area contributed by atoms with Gasteiger partial charge in [-0.3, -0.25) is 0 Å². The van der Waals surface area contributed by atoms with E-state index in [1.54, 1.807) is 17.6 Å². The van der Waals surface area contributed by atoms with Crippen LogP contribution in [0, 0.1) is 23.0 Å². The Morgan fingerprint density at radius 1 is 1.39 bits per heavy atom. The number of hydrogen-bond donors (Lipinski definition) is 1. The second-order valence-electron chi connectivity index (χ2n) is 6.38. The van der Waals surface area contributed by atoms with E-state index in [-0.39, 0.29) is 25.4 Å². The highest BCUT2D eigenvalue weighted by Gasteiger charge is 2.32. The van der Waals surface area contributed by atoms with Crippen molar-refractivity contribution in [1.82, 2.24) is 10.3 Å². The third-order valence-corrected chi connectivity index (χ3v) is 5.87. The van der Waals surface area contributed by atoms with Gasteiger partial charge < -0.3 is 19.6 Å². The number of benzene rings is 1. The standard InChI is InChI=1S/C19H23N3O5S/c1-13-17(8-9-27-22(23)24)28-19(21-13)18(20-2)15(16-11-25-12-26-16)10-14-6-4-3-5-7-14/h3-7,11,15,18,20H,8-10,12H2,1-2H3. The zero-order chi connectivity index (χ0) is 19.9. The van der Waals surface area contributed by atoms with Gasteiger partial charge in [-0.2, -0.15) is 0 Å². The Morgan fingerprint density at radius 3 is 2.82 bits per heavy atom. The van der Waals surface area contributed by atoms with Crippen LogP contribution in [0.15, 0.2) is 42.4 Å². The molecule has 1 N–H and O–H groups in total. The van der Waals surface area contributed by atoms with E-state index in [2.05, 4.69) is 22.3 Å². The number of rotatable bonds is 10. The molecule has 150 valence electrons. The number of thiazole rings is 1. The third-order valence-electron chi connectivity index (χ3n) is 4.57. The summed E-state index contributed by atoms with van der Waals surface area (Å²) < 4.78 is 11.0. The van der Waals surface area contributed by atoms with Gasteiger partial charge in [-0.05, 0) is 26.0 Å². The molecule has 0 radical (unpaired) electrons. The van der Waals surface area contributed by atoms with E-state index >= 15 is 0 Å². The molecule has 8 nitrogen and oxygen atoms in total. The third kappa shape index (κ3) is 4.99. The van der Waals surface area contributed by atoms with E-state index in [0.717, 1.165) is 27.8 Å². The summed E-state index contributed by atoms with van der Waals surface area (Å²) in [7, 11) is 1.89. The fraction of sp³-hybridized carbons (Fsp3) is 0.421. The van der Waals surface area contributed by atoms with Gasteiger partial charge in [-0.25, -0.2) is 4.98 Å². The Balaban J connectivity index is 1.82. The summed E-state index contributed by atoms with van der Waals surface area (Å²) in [4.78, 5) is 20.5. The minimum Gasteiger partial charge on any atom is -0.462 e.